The van der Waals surface area contributed by atoms with Crippen LogP contribution in [-0.4, -0.2) is 0 Å². The van der Waals surface area contributed by atoms with Crippen LogP contribution in [0.15, 0.2) is 54.1 Å². The molecular formula is C20H18N2OS. The molecule has 0 saturated heterocycles. The Balaban J connectivity index is 1.87. The van der Waals surface area contributed by atoms with Crippen LogP contribution in [0.4, 0.5) is 5.69 Å². The predicted octanol–water partition coefficient (Wildman–Crippen LogP) is 6.01. The number of hydrogen-bond acceptors (Lipinski definition) is 4. The Labute approximate surface area is 145 Å². The van der Waals surface area contributed by atoms with E-state index >= 15 is 0 Å². The number of anilines is 1. The molecule has 0 aliphatic heterocycles. The van der Waals surface area contributed by atoms with Gasteiger partial charge in [-0.3, -0.25) is 0 Å². The molecular weight excluding hydrogens is 316 g/mol. The Morgan fingerprint density at radius 2 is 2.04 bits per heavy atom. The molecule has 1 N–H and O–H groups in total. The maximum atomic E-state index is 8.49. The molecule has 0 unspecified atom stereocenters. The van der Waals surface area contributed by atoms with Crippen molar-refractivity contribution in [2.24, 2.45) is 0 Å². The molecule has 0 radical (unpaired) electrons. The van der Waals surface area contributed by atoms with Crippen LogP contribution in [0.2, 0.25) is 0 Å². The predicted molar refractivity (Wildman–Crippen MR) is 101 cm³/mol. The first-order valence-corrected chi connectivity index (χ1v) is 8.69. The van der Waals surface area contributed by atoms with E-state index in [0.29, 0.717) is 0 Å². The summed E-state index contributed by atoms with van der Waals surface area (Å²) in [7, 11) is 0. The van der Waals surface area contributed by atoms with E-state index in [9.17, 15) is 0 Å². The van der Waals surface area contributed by atoms with Crippen LogP contribution < -0.4 is 10.1 Å². The average molecular weight is 334 g/mol. The summed E-state index contributed by atoms with van der Waals surface area (Å²) in [6, 6.07) is 14.0. The van der Waals surface area contributed by atoms with Gasteiger partial charge in [-0.2, -0.15) is 5.26 Å². The van der Waals surface area contributed by atoms with E-state index in [1.165, 1.54) is 27.3 Å². The van der Waals surface area contributed by atoms with Crippen molar-refractivity contribution >= 4 is 27.1 Å². The van der Waals surface area contributed by atoms with Crippen LogP contribution in [-0.2, 0) is 6.42 Å². The number of thiophene rings is 1. The third-order valence-electron chi connectivity index (χ3n) is 3.84. The third-order valence-corrected chi connectivity index (χ3v) is 4.89. The van der Waals surface area contributed by atoms with Crippen molar-refractivity contribution in [1.29, 1.82) is 5.26 Å². The van der Waals surface area contributed by atoms with E-state index in [4.69, 9.17) is 10.00 Å². The molecule has 0 fully saturated rings. The molecule has 1 heterocycles. The van der Waals surface area contributed by atoms with Crippen LogP contribution in [0.5, 0.6) is 11.5 Å². The van der Waals surface area contributed by atoms with Gasteiger partial charge in [0.25, 0.3) is 0 Å². The Hall–Kier alpha value is -2.77. The number of nitrogens with zero attached hydrogens (tertiary/aromatic N) is 1. The summed E-state index contributed by atoms with van der Waals surface area (Å²) in [5, 5.41) is 14.9. The lowest BCUT2D eigenvalue weighted by molar-refractivity contribution is 0.477. The van der Waals surface area contributed by atoms with Gasteiger partial charge < -0.3 is 10.1 Å². The van der Waals surface area contributed by atoms with Crippen molar-refractivity contribution < 1.29 is 4.74 Å². The summed E-state index contributed by atoms with van der Waals surface area (Å²) in [4.78, 5) is 0. The second kappa shape index (κ2) is 7.20. The van der Waals surface area contributed by atoms with Crippen molar-refractivity contribution in [2.75, 3.05) is 5.32 Å². The lowest BCUT2D eigenvalue weighted by atomic mass is 10.0. The minimum absolute atomic E-state index is 0.800. The minimum Gasteiger partial charge on any atom is -0.457 e. The molecule has 1 aromatic heterocycles. The number of allylic oxidation sites excluding steroid dienone is 1. The standard InChI is InChI=1S/C20H18N2OS/c1-3-17-18-9-12-24-20(18)14(2)13-19(17)23-16-7-5-15(6-8-16)22-11-4-10-21/h4-9,11-13,22H,3H2,1-2H3/b11-4+. The van der Waals surface area contributed by atoms with Gasteiger partial charge in [-0.15, -0.1) is 11.3 Å². The summed E-state index contributed by atoms with van der Waals surface area (Å²) in [5.74, 6) is 1.72. The van der Waals surface area contributed by atoms with Crippen LogP contribution in [0.3, 0.4) is 0 Å². The second-order valence-electron chi connectivity index (χ2n) is 5.42. The van der Waals surface area contributed by atoms with Crippen LogP contribution in [0.1, 0.15) is 18.1 Å². The molecule has 0 aliphatic rings. The largest absolute Gasteiger partial charge is 0.457 e. The smallest absolute Gasteiger partial charge is 0.131 e. The van der Waals surface area contributed by atoms with Gasteiger partial charge in [0.15, 0.2) is 0 Å². The van der Waals surface area contributed by atoms with E-state index in [2.05, 4.69) is 36.7 Å². The van der Waals surface area contributed by atoms with Gasteiger partial charge in [-0.1, -0.05) is 6.92 Å². The Morgan fingerprint density at radius 3 is 2.75 bits per heavy atom. The van der Waals surface area contributed by atoms with Gasteiger partial charge in [0, 0.05) is 28.2 Å². The first-order valence-electron chi connectivity index (χ1n) is 7.81. The number of benzene rings is 2. The zero-order chi connectivity index (χ0) is 16.9. The average Bonchev–Trinajstić information content (AvgIpc) is 3.07. The van der Waals surface area contributed by atoms with Crippen molar-refractivity contribution in [1.82, 2.24) is 0 Å². The quantitative estimate of drug-likeness (QED) is 0.581. The minimum atomic E-state index is 0.800. The number of nitrogens with one attached hydrogen (secondary N) is 1. The highest BCUT2D eigenvalue weighted by molar-refractivity contribution is 7.17. The van der Waals surface area contributed by atoms with E-state index in [0.717, 1.165) is 23.6 Å². The van der Waals surface area contributed by atoms with Gasteiger partial charge >= 0.3 is 0 Å². The summed E-state index contributed by atoms with van der Waals surface area (Å²) in [6.45, 7) is 4.28. The Bertz CT molecular complexity index is 917. The van der Waals surface area contributed by atoms with Gasteiger partial charge in [0.2, 0.25) is 0 Å². The summed E-state index contributed by atoms with van der Waals surface area (Å²) in [6.07, 6.45) is 3.94. The van der Waals surface area contributed by atoms with Gasteiger partial charge in [-0.05, 0) is 66.1 Å². The highest BCUT2D eigenvalue weighted by Gasteiger charge is 2.12. The topological polar surface area (TPSA) is 45.0 Å². The molecule has 0 saturated carbocycles. The molecule has 24 heavy (non-hydrogen) atoms. The fourth-order valence-electron chi connectivity index (χ4n) is 2.71. The maximum Gasteiger partial charge on any atom is 0.131 e. The molecule has 4 heteroatoms. The van der Waals surface area contributed by atoms with Crippen molar-refractivity contribution in [3.05, 3.63) is 65.2 Å². The zero-order valence-corrected chi connectivity index (χ0v) is 14.5. The lowest BCUT2D eigenvalue weighted by Crippen LogP contribution is -1.93. The van der Waals surface area contributed by atoms with Gasteiger partial charge in [0.1, 0.15) is 11.5 Å². The number of rotatable bonds is 5. The van der Waals surface area contributed by atoms with Gasteiger partial charge in [0.05, 0.1) is 6.07 Å². The second-order valence-corrected chi connectivity index (χ2v) is 6.34. The van der Waals surface area contributed by atoms with E-state index in [1.807, 2.05) is 30.3 Å². The maximum absolute atomic E-state index is 8.49. The third kappa shape index (κ3) is 3.27. The molecule has 0 atom stereocenters. The van der Waals surface area contributed by atoms with Gasteiger partial charge in [-0.25, -0.2) is 0 Å². The molecule has 0 bridgehead atoms. The first-order chi connectivity index (χ1) is 11.7. The molecule has 120 valence electrons. The summed E-state index contributed by atoms with van der Waals surface area (Å²) >= 11 is 1.78. The number of ether oxygens (including phenoxy) is 1. The first kappa shape index (κ1) is 16.1. The molecule has 3 aromatic rings. The number of hydrogen-bond donors (Lipinski definition) is 1. The number of aryl methyl sites for hydroxylation is 2. The zero-order valence-electron chi connectivity index (χ0n) is 13.7. The lowest BCUT2D eigenvalue weighted by Gasteiger charge is -2.13. The van der Waals surface area contributed by atoms with Crippen molar-refractivity contribution in [2.45, 2.75) is 20.3 Å². The summed E-state index contributed by atoms with van der Waals surface area (Å²) in [5.41, 5.74) is 3.40. The van der Waals surface area contributed by atoms with Crippen LogP contribution >= 0.6 is 11.3 Å². The Kier molecular flexibility index (Phi) is 4.83. The number of nitriles is 1. The van der Waals surface area contributed by atoms with E-state index < -0.39 is 0 Å². The Morgan fingerprint density at radius 1 is 1.25 bits per heavy atom. The van der Waals surface area contributed by atoms with Crippen LogP contribution in [0, 0.1) is 18.3 Å². The summed E-state index contributed by atoms with van der Waals surface area (Å²) < 4.78 is 7.48. The fourth-order valence-corrected chi connectivity index (χ4v) is 3.61. The molecule has 0 spiro atoms. The normalized spacial score (nSPS) is 10.9. The van der Waals surface area contributed by atoms with Crippen molar-refractivity contribution in [3.8, 4) is 17.6 Å². The van der Waals surface area contributed by atoms with Crippen LogP contribution in [0.25, 0.3) is 10.1 Å². The van der Waals surface area contributed by atoms with E-state index in [-0.39, 0.29) is 0 Å². The fraction of sp³-hybridized carbons (Fsp3) is 0.150. The van der Waals surface area contributed by atoms with Crippen molar-refractivity contribution in [3.63, 3.8) is 0 Å². The number of fused-ring (bicyclic) bond motifs is 1. The monoisotopic (exact) mass is 334 g/mol. The SMILES string of the molecule is CCc1c(Oc2ccc(N/C=C/C#N)cc2)cc(C)c2sccc12. The molecule has 3 rings (SSSR count). The highest BCUT2D eigenvalue weighted by Crippen LogP contribution is 2.37. The highest BCUT2D eigenvalue weighted by atomic mass is 32.1. The molecule has 0 aliphatic carbocycles. The molecule has 0 amide bonds. The molecule has 3 nitrogen and oxygen atoms in total. The molecule has 2 aromatic carbocycles. The van der Waals surface area contributed by atoms with E-state index in [1.54, 1.807) is 17.5 Å².